The Balaban J connectivity index is 1.52. The van der Waals surface area contributed by atoms with Crippen LogP contribution in [-0.4, -0.2) is 62.2 Å². The first-order chi connectivity index (χ1) is 16.9. The topological polar surface area (TPSA) is 98.1 Å². The minimum absolute atomic E-state index is 0.156. The number of fused-ring (bicyclic) bond motifs is 1. The number of amides is 2. The van der Waals surface area contributed by atoms with E-state index in [2.05, 4.69) is 15.4 Å². The molecule has 1 unspecified atom stereocenters. The van der Waals surface area contributed by atoms with Crippen LogP contribution in [0.3, 0.4) is 0 Å². The van der Waals surface area contributed by atoms with Gasteiger partial charge >= 0.3 is 6.09 Å². The molecule has 0 aliphatic carbocycles. The van der Waals surface area contributed by atoms with Crippen molar-refractivity contribution in [3.8, 4) is 5.75 Å². The minimum Gasteiger partial charge on any atom is -0.487 e. The SMILES string of the molecule is Cc1nn2ccc(OCc3ccccn3)cc2c1C(=O)NC1CN(C(=O)OC(C)(C)C)CCC1(F)F. The van der Waals surface area contributed by atoms with Crippen molar-refractivity contribution in [2.24, 2.45) is 0 Å². The van der Waals surface area contributed by atoms with E-state index in [1.165, 1.54) is 9.42 Å². The number of carbonyl (C=O) groups is 2. The molecule has 1 N–H and O–H groups in total. The van der Waals surface area contributed by atoms with Crippen LogP contribution in [0.2, 0.25) is 0 Å². The van der Waals surface area contributed by atoms with E-state index in [9.17, 15) is 18.4 Å². The number of ether oxygens (including phenoxy) is 2. The molecule has 3 aromatic heterocycles. The van der Waals surface area contributed by atoms with Gasteiger partial charge in [-0.05, 0) is 45.9 Å². The van der Waals surface area contributed by atoms with Crippen molar-refractivity contribution in [3.63, 3.8) is 0 Å². The number of hydrogen-bond donors (Lipinski definition) is 1. The maximum atomic E-state index is 14.7. The van der Waals surface area contributed by atoms with Gasteiger partial charge in [0, 0.05) is 31.4 Å². The zero-order valence-electron chi connectivity index (χ0n) is 20.6. The van der Waals surface area contributed by atoms with Gasteiger partial charge in [-0.2, -0.15) is 5.10 Å². The maximum absolute atomic E-state index is 14.7. The number of hydrogen-bond acceptors (Lipinski definition) is 6. The predicted octanol–water partition coefficient (Wildman–Crippen LogP) is 3.99. The first-order valence-corrected chi connectivity index (χ1v) is 11.6. The van der Waals surface area contributed by atoms with Gasteiger partial charge in [-0.15, -0.1) is 0 Å². The third kappa shape index (κ3) is 5.72. The van der Waals surface area contributed by atoms with Crippen LogP contribution < -0.4 is 10.1 Å². The molecule has 4 heterocycles. The molecule has 0 bridgehead atoms. The van der Waals surface area contributed by atoms with Gasteiger partial charge in [-0.25, -0.2) is 18.1 Å². The Hall–Kier alpha value is -3.76. The summed E-state index contributed by atoms with van der Waals surface area (Å²) < 4.78 is 42.1. The van der Waals surface area contributed by atoms with E-state index in [4.69, 9.17) is 9.47 Å². The van der Waals surface area contributed by atoms with Crippen LogP contribution in [-0.2, 0) is 11.3 Å². The third-order valence-electron chi connectivity index (χ3n) is 5.71. The third-order valence-corrected chi connectivity index (χ3v) is 5.71. The zero-order chi connectivity index (χ0) is 26.1. The second kappa shape index (κ2) is 9.71. The molecule has 36 heavy (non-hydrogen) atoms. The highest BCUT2D eigenvalue weighted by molar-refractivity contribution is 6.02. The minimum atomic E-state index is -3.19. The molecule has 1 saturated heterocycles. The molecular formula is C25H29F2N5O4. The lowest BCUT2D eigenvalue weighted by Gasteiger charge is -2.39. The molecule has 0 aromatic carbocycles. The van der Waals surface area contributed by atoms with Gasteiger partial charge in [0.25, 0.3) is 11.8 Å². The summed E-state index contributed by atoms with van der Waals surface area (Å²) in [5.74, 6) is -3.43. The van der Waals surface area contributed by atoms with Crippen molar-refractivity contribution in [1.82, 2.24) is 24.8 Å². The number of carbonyl (C=O) groups excluding carboxylic acids is 2. The number of nitrogens with one attached hydrogen (secondary N) is 1. The van der Waals surface area contributed by atoms with Gasteiger partial charge in [0.05, 0.1) is 29.0 Å². The largest absolute Gasteiger partial charge is 0.487 e. The molecule has 4 rings (SSSR count). The summed E-state index contributed by atoms with van der Waals surface area (Å²) in [6.07, 6.45) is 2.01. The summed E-state index contributed by atoms with van der Waals surface area (Å²) in [6.45, 7) is 6.41. The molecule has 1 atom stereocenters. The lowest BCUT2D eigenvalue weighted by molar-refractivity contribution is -0.0820. The Kier molecular flexibility index (Phi) is 6.83. The molecule has 0 saturated carbocycles. The fourth-order valence-corrected chi connectivity index (χ4v) is 3.93. The Morgan fingerprint density at radius 3 is 2.72 bits per heavy atom. The number of alkyl halides is 2. The summed E-state index contributed by atoms with van der Waals surface area (Å²) in [5, 5.41) is 6.75. The van der Waals surface area contributed by atoms with E-state index in [0.717, 1.165) is 5.69 Å². The summed E-state index contributed by atoms with van der Waals surface area (Å²) >= 11 is 0. The van der Waals surface area contributed by atoms with Gasteiger partial charge in [0.1, 0.15) is 24.0 Å². The first-order valence-electron chi connectivity index (χ1n) is 11.6. The summed E-state index contributed by atoms with van der Waals surface area (Å²) in [6, 6.07) is 7.22. The molecule has 0 spiro atoms. The lowest BCUT2D eigenvalue weighted by atomic mass is 10.0. The first kappa shape index (κ1) is 25.3. The number of piperidine rings is 1. The number of pyridine rings is 2. The molecule has 0 radical (unpaired) electrons. The average molecular weight is 502 g/mol. The monoisotopic (exact) mass is 501 g/mol. The molecule has 11 heteroatoms. The Morgan fingerprint density at radius 1 is 1.25 bits per heavy atom. The van der Waals surface area contributed by atoms with Crippen LogP contribution in [0.25, 0.3) is 5.52 Å². The normalized spacial score (nSPS) is 17.6. The summed E-state index contributed by atoms with van der Waals surface area (Å²) in [4.78, 5) is 31.0. The highest BCUT2D eigenvalue weighted by Crippen LogP contribution is 2.30. The molecular weight excluding hydrogens is 472 g/mol. The quantitative estimate of drug-likeness (QED) is 0.568. The van der Waals surface area contributed by atoms with Crippen molar-refractivity contribution in [2.45, 2.75) is 58.3 Å². The van der Waals surface area contributed by atoms with Crippen molar-refractivity contribution in [1.29, 1.82) is 0 Å². The van der Waals surface area contributed by atoms with Crippen molar-refractivity contribution in [2.75, 3.05) is 13.1 Å². The average Bonchev–Trinajstić information content (AvgIpc) is 3.13. The second-order valence-electron chi connectivity index (χ2n) is 9.73. The molecule has 3 aromatic rings. The Morgan fingerprint density at radius 2 is 2.03 bits per heavy atom. The van der Waals surface area contributed by atoms with Crippen LogP contribution >= 0.6 is 0 Å². The van der Waals surface area contributed by atoms with Gasteiger partial charge in [-0.3, -0.25) is 9.78 Å². The number of aryl methyl sites for hydroxylation is 1. The van der Waals surface area contributed by atoms with Gasteiger partial charge in [0.15, 0.2) is 0 Å². The molecule has 2 amide bonds. The highest BCUT2D eigenvalue weighted by Gasteiger charge is 2.47. The maximum Gasteiger partial charge on any atom is 0.410 e. The van der Waals surface area contributed by atoms with Crippen LogP contribution in [0.15, 0.2) is 42.7 Å². The van der Waals surface area contributed by atoms with Gasteiger partial charge in [0.2, 0.25) is 0 Å². The van der Waals surface area contributed by atoms with Crippen molar-refractivity contribution in [3.05, 3.63) is 59.7 Å². The molecule has 1 fully saturated rings. The van der Waals surface area contributed by atoms with Crippen molar-refractivity contribution >= 4 is 17.5 Å². The lowest BCUT2D eigenvalue weighted by Crippen LogP contribution is -2.60. The van der Waals surface area contributed by atoms with E-state index in [-0.39, 0.29) is 25.3 Å². The van der Waals surface area contributed by atoms with Gasteiger partial charge in [-0.1, -0.05) is 6.07 Å². The molecule has 1 aliphatic heterocycles. The van der Waals surface area contributed by atoms with E-state index in [0.29, 0.717) is 17.0 Å². The fourth-order valence-electron chi connectivity index (χ4n) is 3.93. The standard InChI is InChI=1S/C25H29F2N5O4/c1-16-21(19-13-18(8-11-32(19)30-16)35-15-17-7-5-6-10-28-17)22(33)29-20-14-31(12-9-25(20,26)27)23(34)36-24(2,3)4/h5-8,10-11,13,20H,9,12,14-15H2,1-4H3,(H,29,33). The predicted molar refractivity (Wildman–Crippen MR) is 127 cm³/mol. The van der Waals surface area contributed by atoms with Crippen LogP contribution in [0.5, 0.6) is 5.75 Å². The number of nitrogens with zero attached hydrogens (tertiary/aromatic N) is 4. The fraction of sp³-hybridized carbons (Fsp3) is 0.440. The van der Waals surface area contributed by atoms with Crippen LogP contribution in [0.1, 0.15) is 48.9 Å². The van der Waals surface area contributed by atoms with E-state index in [1.807, 2.05) is 12.1 Å². The second-order valence-corrected chi connectivity index (χ2v) is 9.73. The molecule has 1 aliphatic rings. The van der Waals surface area contributed by atoms with Crippen LogP contribution in [0, 0.1) is 6.92 Å². The van der Waals surface area contributed by atoms with Crippen molar-refractivity contribution < 1.29 is 27.8 Å². The van der Waals surface area contributed by atoms with Gasteiger partial charge < -0.3 is 19.7 Å². The number of rotatable bonds is 5. The molecule has 9 nitrogen and oxygen atoms in total. The summed E-state index contributed by atoms with van der Waals surface area (Å²) in [7, 11) is 0. The molecule has 192 valence electrons. The Labute approximate surface area is 207 Å². The Bertz CT molecular complexity index is 1260. The number of aromatic nitrogens is 3. The highest BCUT2D eigenvalue weighted by atomic mass is 19.3. The van der Waals surface area contributed by atoms with E-state index >= 15 is 0 Å². The number of halogens is 2. The smallest absolute Gasteiger partial charge is 0.410 e. The summed E-state index contributed by atoms with van der Waals surface area (Å²) in [5.41, 5.74) is 0.905. The van der Waals surface area contributed by atoms with E-state index in [1.54, 1.807) is 58.3 Å². The van der Waals surface area contributed by atoms with Crippen LogP contribution in [0.4, 0.5) is 13.6 Å². The number of likely N-dealkylation sites (tertiary alicyclic amines) is 1. The van der Waals surface area contributed by atoms with E-state index < -0.39 is 36.0 Å². The zero-order valence-corrected chi connectivity index (χ0v) is 20.6.